The van der Waals surface area contributed by atoms with E-state index in [-0.39, 0.29) is 6.23 Å². The van der Waals surface area contributed by atoms with E-state index in [1.54, 1.807) is 0 Å². The van der Waals surface area contributed by atoms with Crippen LogP contribution in [0.2, 0.25) is 0 Å². The lowest BCUT2D eigenvalue weighted by molar-refractivity contribution is -0.0366. The molecule has 0 aliphatic carbocycles. The first kappa shape index (κ1) is 17.6. The van der Waals surface area contributed by atoms with Gasteiger partial charge in [0, 0.05) is 36.8 Å². The van der Waals surface area contributed by atoms with Gasteiger partial charge in [-0.25, -0.2) is 14.6 Å². The Bertz CT molecular complexity index is 1190. The smallest absolute Gasteiger partial charge is 0.226 e. The molecule has 150 valence electrons. The molecule has 1 atom stereocenters. The molecule has 4 heterocycles. The lowest BCUT2D eigenvalue weighted by Crippen LogP contribution is -2.19. The first-order chi connectivity index (χ1) is 14.8. The zero-order chi connectivity index (χ0) is 19.9. The Kier molecular flexibility index (Phi) is 4.23. The molecule has 4 aromatic rings. The molecule has 6 rings (SSSR count). The minimum absolute atomic E-state index is 0.0237. The summed E-state index contributed by atoms with van der Waals surface area (Å²) >= 11 is 0. The van der Waals surface area contributed by atoms with Gasteiger partial charge in [-0.3, -0.25) is 0 Å². The van der Waals surface area contributed by atoms with Crippen molar-refractivity contribution in [3.05, 3.63) is 72.1 Å². The van der Waals surface area contributed by atoms with Crippen molar-refractivity contribution in [3.63, 3.8) is 0 Å². The van der Waals surface area contributed by atoms with Crippen LogP contribution >= 0.6 is 0 Å². The average molecular weight is 397 g/mol. The van der Waals surface area contributed by atoms with Crippen LogP contribution in [0.1, 0.15) is 36.6 Å². The monoisotopic (exact) mass is 397 g/mol. The van der Waals surface area contributed by atoms with Gasteiger partial charge < -0.3 is 9.64 Å². The van der Waals surface area contributed by atoms with Crippen molar-refractivity contribution in [1.29, 1.82) is 0 Å². The number of ether oxygens (including phenoxy) is 1. The van der Waals surface area contributed by atoms with Gasteiger partial charge >= 0.3 is 0 Å². The predicted molar refractivity (Wildman–Crippen MR) is 116 cm³/mol. The maximum absolute atomic E-state index is 5.96. The lowest BCUT2D eigenvalue weighted by Gasteiger charge is -2.23. The molecule has 2 aliphatic rings. The molecule has 0 saturated carbocycles. The van der Waals surface area contributed by atoms with Crippen LogP contribution in [0.15, 0.2) is 60.9 Å². The van der Waals surface area contributed by atoms with Gasteiger partial charge in [0.15, 0.2) is 6.23 Å². The molecular formula is C24H23N5O. The fraction of sp³-hybridized carbons (Fsp3) is 0.292. The van der Waals surface area contributed by atoms with Crippen molar-refractivity contribution in [2.45, 2.75) is 38.6 Å². The van der Waals surface area contributed by atoms with E-state index in [0.717, 1.165) is 60.6 Å². The van der Waals surface area contributed by atoms with Crippen molar-refractivity contribution >= 4 is 16.9 Å². The lowest BCUT2D eigenvalue weighted by atomic mass is 10.1. The Morgan fingerprint density at radius 2 is 1.83 bits per heavy atom. The van der Waals surface area contributed by atoms with Crippen LogP contribution in [-0.4, -0.2) is 26.4 Å². The Morgan fingerprint density at radius 1 is 0.967 bits per heavy atom. The van der Waals surface area contributed by atoms with Crippen LogP contribution in [-0.2, 0) is 17.8 Å². The maximum Gasteiger partial charge on any atom is 0.226 e. The second-order valence-electron chi connectivity index (χ2n) is 8.05. The van der Waals surface area contributed by atoms with Gasteiger partial charge in [-0.1, -0.05) is 36.4 Å². The summed E-state index contributed by atoms with van der Waals surface area (Å²) in [6.45, 7) is 2.51. The molecule has 2 aromatic carbocycles. The van der Waals surface area contributed by atoms with E-state index in [1.165, 1.54) is 17.5 Å². The molecular weight excluding hydrogens is 374 g/mol. The normalized spacial score (nSPS) is 18.7. The Labute approximate surface area is 175 Å². The van der Waals surface area contributed by atoms with E-state index in [4.69, 9.17) is 9.72 Å². The van der Waals surface area contributed by atoms with Gasteiger partial charge in [-0.05, 0) is 42.5 Å². The van der Waals surface area contributed by atoms with E-state index < -0.39 is 0 Å². The third-order valence-electron chi connectivity index (χ3n) is 6.09. The SMILES string of the molecule is c1ccc2c(c1)CN(c1nccc(-c3ccc4cnn(C5CCCCO5)c4c3)n1)C2. The second-order valence-corrected chi connectivity index (χ2v) is 8.05. The Hall–Kier alpha value is -3.25. The van der Waals surface area contributed by atoms with E-state index in [9.17, 15) is 0 Å². The summed E-state index contributed by atoms with van der Waals surface area (Å²) in [5.41, 5.74) is 5.79. The molecule has 0 bridgehead atoms. The molecule has 0 amide bonds. The van der Waals surface area contributed by atoms with Crippen LogP contribution in [0.4, 0.5) is 5.95 Å². The third-order valence-corrected chi connectivity index (χ3v) is 6.09. The molecule has 2 aliphatic heterocycles. The molecule has 30 heavy (non-hydrogen) atoms. The molecule has 1 saturated heterocycles. The number of fused-ring (bicyclic) bond motifs is 2. The van der Waals surface area contributed by atoms with Gasteiger partial charge in [0.25, 0.3) is 0 Å². The summed E-state index contributed by atoms with van der Waals surface area (Å²) in [6.07, 6.45) is 7.12. The van der Waals surface area contributed by atoms with E-state index >= 15 is 0 Å². The number of rotatable bonds is 3. The number of anilines is 1. The standard InChI is InChI=1S/C24H23N5O/c1-2-6-20-16-28(15-19(20)5-1)24-25-11-10-21(27-24)17-8-9-18-14-26-29(22(18)13-17)23-7-3-4-12-30-23/h1-2,5-6,8-11,13-14,23H,3-4,7,12,15-16H2. The fourth-order valence-corrected chi connectivity index (χ4v) is 4.48. The van der Waals surface area contributed by atoms with Crippen molar-refractivity contribution in [1.82, 2.24) is 19.7 Å². The largest absolute Gasteiger partial charge is 0.356 e. The van der Waals surface area contributed by atoms with Crippen LogP contribution in [0.5, 0.6) is 0 Å². The van der Waals surface area contributed by atoms with E-state index in [0.29, 0.717) is 0 Å². The highest BCUT2D eigenvalue weighted by Gasteiger charge is 2.22. The quantitative estimate of drug-likeness (QED) is 0.501. The van der Waals surface area contributed by atoms with Gasteiger partial charge in [-0.15, -0.1) is 0 Å². The van der Waals surface area contributed by atoms with Crippen LogP contribution in [0, 0.1) is 0 Å². The number of aromatic nitrogens is 4. The van der Waals surface area contributed by atoms with Crippen LogP contribution < -0.4 is 4.90 Å². The van der Waals surface area contributed by atoms with Crippen molar-refractivity contribution in [3.8, 4) is 11.3 Å². The summed E-state index contributed by atoms with van der Waals surface area (Å²) in [5, 5.41) is 5.73. The molecule has 6 nitrogen and oxygen atoms in total. The summed E-state index contributed by atoms with van der Waals surface area (Å²) < 4.78 is 7.99. The first-order valence-electron chi connectivity index (χ1n) is 10.6. The molecule has 1 unspecified atom stereocenters. The molecule has 2 aromatic heterocycles. The zero-order valence-corrected chi connectivity index (χ0v) is 16.7. The second kappa shape index (κ2) is 7.22. The minimum Gasteiger partial charge on any atom is -0.356 e. The molecule has 1 fully saturated rings. The van der Waals surface area contributed by atoms with Crippen molar-refractivity contribution < 1.29 is 4.74 Å². The van der Waals surface area contributed by atoms with Crippen molar-refractivity contribution in [2.75, 3.05) is 11.5 Å². The predicted octanol–water partition coefficient (Wildman–Crippen LogP) is 4.71. The van der Waals surface area contributed by atoms with Gasteiger partial charge in [0.1, 0.15) is 0 Å². The van der Waals surface area contributed by atoms with E-state index in [2.05, 4.69) is 57.4 Å². The van der Waals surface area contributed by atoms with Gasteiger partial charge in [-0.2, -0.15) is 5.10 Å². The molecule has 0 radical (unpaired) electrons. The zero-order valence-electron chi connectivity index (χ0n) is 16.7. The number of hydrogen-bond donors (Lipinski definition) is 0. The summed E-state index contributed by atoms with van der Waals surface area (Å²) in [6, 6.07) is 16.9. The minimum atomic E-state index is 0.0237. The summed E-state index contributed by atoms with van der Waals surface area (Å²) in [7, 11) is 0. The molecule has 0 spiro atoms. The average Bonchev–Trinajstić information content (AvgIpc) is 3.44. The molecule has 0 N–H and O–H groups in total. The first-order valence-corrected chi connectivity index (χ1v) is 10.6. The van der Waals surface area contributed by atoms with Crippen LogP contribution in [0.25, 0.3) is 22.2 Å². The number of nitrogens with zero attached hydrogens (tertiary/aromatic N) is 5. The van der Waals surface area contributed by atoms with Gasteiger partial charge in [0.2, 0.25) is 5.95 Å². The van der Waals surface area contributed by atoms with E-state index in [1.807, 2.05) is 23.1 Å². The Balaban J connectivity index is 1.33. The highest BCUT2D eigenvalue weighted by Crippen LogP contribution is 2.30. The number of benzene rings is 2. The number of hydrogen-bond acceptors (Lipinski definition) is 5. The topological polar surface area (TPSA) is 56.1 Å². The van der Waals surface area contributed by atoms with Gasteiger partial charge in [0.05, 0.1) is 17.4 Å². The highest BCUT2D eigenvalue weighted by molar-refractivity contribution is 5.84. The van der Waals surface area contributed by atoms with Crippen molar-refractivity contribution in [2.24, 2.45) is 0 Å². The molecule has 6 heteroatoms. The summed E-state index contributed by atoms with van der Waals surface area (Å²) in [4.78, 5) is 11.7. The Morgan fingerprint density at radius 3 is 2.63 bits per heavy atom. The fourth-order valence-electron chi connectivity index (χ4n) is 4.48. The van der Waals surface area contributed by atoms with Crippen LogP contribution in [0.3, 0.4) is 0 Å². The maximum atomic E-state index is 5.96. The third kappa shape index (κ3) is 3.04. The highest BCUT2D eigenvalue weighted by atomic mass is 16.5. The summed E-state index contributed by atoms with van der Waals surface area (Å²) in [5.74, 6) is 0.771.